The minimum absolute atomic E-state index is 0.448. The zero-order chi connectivity index (χ0) is 19.9. The molecule has 3 N–H and O–H groups in total. The van der Waals surface area contributed by atoms with Crippen molar-refractivity contribution >= 4 is 22.4 Å². The van der Waals surface area contributed by atoms with Crippen molar-refractivity contribution in [2.24, 2.45) is 0 Å². The maximum absolute atomic E-state index is 13.4. The summed E-state index contributed by atoms with van der Waals surface area (Å²) >= 11 is -0.448. The summed E-state index contributed by atoms with van der Waals surface area (Å²) in [4.78, 5) is 37.4. The molecule has 142 valence electrons. The van der Waals surface area contributed by atoms with Gasteiger partial charge in [-0.2, -0.15) is 30.7 Å². The first kappa shape index (κ1) is 19.5. The van der Waals surface area contributed by atoms with Crippen molar-refractivity contribution in [2.45, 2.75) is 18.0 Å². The molecule has 26 heavy (non-hydrogen) atoms. The van der Waals surface area contributed by atoms with Gasteiger partial charge in [0.2, 0.25) is 5.13 Å². The maximum atomic E-state index is 13.4. The Morgan fingerprint density at radius 3 is 2.19 bits per heavy atom. The molecule has 2 aromatic heterocycles. The molecule has 0 aliphatic rings. The van der Waals surface area contributed by atoms with E-state index in [4.69, 9.17) is 0 Å². The Kier molecular flexibility index (Phi) is 4.65. The third kappa shape index (κ3) is 3.44. The highest BCUT2D eigenvalue weighted by Gasteiger charge is 2.75. The second-order valence-corrected chi connectivity index (χ2v) is 5.49. The molecule has 0 unspecified atom stereocenters. The maximum Gasteiger partial charge on any atom is 0.460 e. The van der Waals surface area contributed by atoms with E-state index in [0.29, 0.717) is 6.07 Å². The molecule has 0 fully saturated rings. The van der Waals surface area contributed by atoms with Crippen LogP contribution in [-0.2, 0) is 5.92 Å². The molecule has 2 aromatic rings. The number of H-pyrrole nitrogens is 2. The van der Waals surface area contributed by atoms with Crippen molar-refractivity contribution in [3.05, 3.63) is 37.6 Å². The third-order valence-electron chi connectivity index (χ3n) is 2.67. The zero-order valence-corrected chi connectivity index (χ0v) is 12.6. The Labute approximate surface area is 140 Å². The van der Waals surface area contributed by atoms with E-state index in [1.54, 1.807) is 10.3 Å². The second-order valence-electron chi connectivity index (χ2n) is 4.51. The summed E-state index contributed by atoms with van der Waals surface area (Å²) in [5.41, 5.74) is -2.73. The average molecular weight is 407 g/mol. The van der Waals surface area contributed by atoms with E-state index in [-0.39, 0.29) is 0 Å². The standard InChI is InChI=1S/C10H4F7N5O3S/c11-8(12,9(13,14)10(15,16)17)5-21-22-7(26-5)20-4(24)2-1-3(23)19-6(25)18-2/h1H,(H,20,22,24)(H2,18,19,23,25). The summed E-state index contributed by atoms with van der Waals surface area (Å²) in [6.45, 7) is 0. The molecule has 0 radical (unpaired) electrons. The number of hydrogen-bond acceptors (Lipinski definition) is 6. The van der Waals surface area contributed by atoms with E-state index in [0.717, 1.165) is 0 Å². The number of nitrogens with zero attached hydrogens (tertiary/aromatic N) is 2. The Hall–Kier alpha value is -2.78. The molecular weight excluding hydrogens is 403 g/mol. The van der Waals surface area contributed by atoms with Crippen LogP contribution < -0.4 is 16.6 Å². The Bertz CT molecular complexity index is 919. The van der Waals surface area contributed by atoms with E-state index in [1.807, 2.05) is 4.98 Å². The van der Waals surface area contributed by atoms with Crippen molar-refractivity contribution < 1.29 is 35.5 Å². The number of aromatic nitrogens is 4. The predicted molar refractivity (Wildman–Crippen MR) is 70.4 cm³/mol. The number of carbonyl (C=O) groups excluding carboxylic acids is 1. The van der Waals surface area contributed by atoms with Gasteiger partial charge in [-0.3, -0.25) is 19.9 Å². The summed E-state index contributed by atoms with van der Waals surface area (Å²) < 4.78 is 89.1. The van der Waals surface area contributed by atoms with Gasteiger partial charge in [-0.15, -0.1) is 10.2 Å². The fourth-order valence-corrected chi connectivity index (χ4v) is 2.21. The first-order valence-corrected chi connectivity index (χ1v) is 6.88. The Morgan fingerprint density at radius 1 is 1.04 bits per heavy atom. The first-order chi connectivity index (χ1) is 11.8. The molecule has 8 nitrogen and oxygen atoms in total. The van der Waals surface area contributed by atoms with Crippen LogP contribution in [0, 0.1) is 0 Å². The van der Waals surface area contributed by atoms with Crippen LogP contribution in [0.25, 0.3) is 0 Å². The monoisotopic (exact) mass is 407 g/mol. The van der Waals surface area contributed by atoms with Crippen molar-refractivity contribution in [3.63, 3.8) is 0 Å². The SMILES string of the molecule is O=C(Nc1nnc(C(F)(F)C(F)(F)C(F)(F)F)s1)c1cc(=O)[nH]c(=O)[nH]1. The second kappa shape index (κ2) is 6.19. The third-order valence-corrected chi connectivity index (χ3v) is 3.58. The average Bonchev–Trinajstić information content (AvgIpc) is 2.94. The van der Waals surface area contributed by atoms with Gasteiger partial charge in [0.1, 0.15) is 5.69 Å². The first-order valence-electron chi connectivity index (χ1n) is 6.07. The molecule has 0 saturated carbocycles. The Morgan fingerprint density at radius 2 is 1.65 bits per heavy atom. The number of aromatic amines is 2. The van der Waals surface area contributed by atoms with Gasteiger partial charge in [0, 0.05) is 6.07 Å². The summed E-state index contributed by atoms with van der Waals surface area (Å²) in [7, 11) is 0. The number of alkyl halides is 7. The number of nitrogens with one attached hydrogen (secondary N) is 3. The summed E-state index contributed by atoms with van der Waals surface area (Å²) in [5, 5.41) is 4.24. The lowest BCUT2D eigenvalue weighted by Crippen LogP contribution is -2.50. The normalized spacial score (nSPS) is 12.9. The zero-order valence-electron chi connectivity index (χ0n) is 11.8. The lowest BCUT2D eigenvalue weighted by molar-refractivity contribution is -0.359. The fraction of sp³-hybridized carbons (Fsp3) is 0.300. The largest absolute Gasteiger partial charge is 0.460 e. The molecule has 0 saturated heterocycles. The number of hydrogen-bond donors (Lipinski definition) is 3. The smallest absolute Gasteiger partial charge is 0.303 e. The van der Waals surface area contributed by atoms with Crippen LogP contribution in [0.4, 0.5) is 35.9 Å². The number of anilines is 1. The molecule has 0 aromatic carbocycles. The predicted octanol–water partition coefficient (Wildman–Crippen LogP) is 1.46. The van der Waals surface area contributed by atoms with Crippen molar-refractivity contribution in [1.29, 1.82) is 0 Å². The highest BCUT2D eigenvalue weighted by atomic mass is 32.1. The highest BCUT2D eigenvalue weighted by molar-refractivity contribution is 7.15. The van der Waals surface area contributed by atoms with Gasteiger partial charge >= 0.3 is 23.7 Å². The molecule has 0 atom stereocenters. The van der Waals surface area contributed by atoms with Crippen LogP contribution in [-0.4, -0.2) is 38.2 Å². The summed E-state index contributed by atoms with van der Waals surface area (Å²) in [6, 6.07) is 0.602. The molecule has 2 heterocycles. The van der Waals surface area contributed by atoms with E-state index in [9.17, 15) is 45.1 Å². The minimum Gasteiger partial charge on any atom is -0.303 e. The van der Waals surface area contributed by atoms with Gasteiger partial charge in [0.05, 0.1) is 0 Å². The summed E-state index contributed by atoms with van der Waals surface area (Å²) in [6.07, 6.45) is -6.56. The topological polar surface area (TPSA) is 121 Å². The van der Waals surface area contributed by atoms with Gasteiger partial charge in [-0.1, -0.05) is 11.3 Å². The van der Waals surface area contributed by atoms with Gasteiger partial charge in [0.25, 0.3) is 11.5 Å². The number of halogens is 7. The van der Waals surface area contributed by atoms with E-state index < -0.39 is 62.3 Å². The van der Waals surface area contributed by atoms with Gasteiger partial charge in [0.15, 0.2) is 5.01 Å². The number of rotatable bonds is 4. The lowest BCUT2D eigenvalue weighted by atomic mass is 10.2. The molecule has 16 heteroatoms. The molecular formula is C10H4F7N5O3S. The molecule has 0 spiro atoms. The number of amides is 1. The van der Waals surface area contributed by atoms with Crippen LogP contribution in [0.3, 0.4) is 0 Å². The van der Waals surface area contributed by atoms with E-state index in [2.05, 4.69) is 10.2 Å². The molecule has 1 amide bonds. The summed E-state index contributed by atoms with van der Waals surface area (Å²) in [5.74, 6) is -13.5. The molecule has 0 aliphatic carbocycles. The molecule has 2 rings (SSSR count). The van der Waals surface area contributed by atoms with Crippen LogP contribution in [0.2, 0.25) is 0 Å². The van der Waals surface area contributed by atoms with Crippen LogP contribution >= 0.6 is 11.3 Å². The fourth-order valence-electron chi connectivity index (χ4n) is 1.47. The number of carbonyl (C=O) groups is 1. The van der Waals surface area contributed by atoms with Gasteiger partial charge in [-0.05, 0) is 0 Å². The minimum atomic E-state index is -6.56. The van der Waals surface area contributed by atoms with Crippen LogP contribution in [0.5, 0.6) is 0 Å². The van der Waals surface area contributed by atoms with Crippen molar-refractivity contribution in [3.8, 4) is 0 Å². The Balaban J connectivity index is 2.28. The van der Waals surface area contributed by atoms with E-state index >= 15 is 0 Å². The molecule has 0 aliphatic heterocycles. The van der Waals surface area contributed by atoms with Crippen LogP contribution in [0.1, 0.15) is 15.5 Å². The lowest BCUT2D eigenvalue weighted by Gasteiger charge is -2.25. The highest BCUT2D eigenvalue weighted by Crippen LogP contribution is 2.52. The van der Waals surface area contributed by atoms with Gasteiger partial charge < -0.3 is 4.98 Å². The van der Waals surface area contributed by atoms with Crippen LogP contribution in [0.15, 0.2) is 15.7 Å². The quantitative estimate of drug-likeness (QED) is 0.663. The molecule has 0 bridgehead atoms. The van der Waals surface area contributed by atoms with Crippen molar-refractivity contribution in [1.82, 2.24) is 20.2 Å². The van der Waals surface area contributed by atoms with Crippen molar-refractivity contribution in [2.75, 3.05) is 5.32 Å². The van der Waals surface area contributed by atoms with E-state index in [1.165, 1.54) is 0 Å². The van der Waals surface area contributed by atoms with Gasteiger partial charge in [-0.25, -0.2) is 4.79 Å².